The van der Waals surface area contributed by atoms with Gasteiger partial charge in [0.05, 0.1) is 6.54 Å². The van der Waals surface area contributed by atoms with Crippen molar-refractivity contribution in [2.24, 2.45) is 0 Å². The van der Waals surface area contributed by atoms with Gasteiger partial charge in [0, 0.05) is 31.4 Å². The molecule has 5 nitrogen and oxygen atoms in total. The molecule has 0 radical (unpaired) electrons. The molecule has 1 aliphatic heterocycles. The van der Waals surface area contributed by atoms with Gasteiger partial charge in [0.2, 0.25) is 5.91 Å². The van der Waals surface area contributed by atoms with Crippen LogP contribution in [-0.2, 0) is 17.9 Å². The van der Waals surface area contributed by atoms with Crippen LogP contribution >= 0.6 is 11.6 Å². The third kappa shape index (κ3) is 3.74. The molecule has 0 bridgehead atoms. The number of amides is 1. The van der Waals surface area contributed by atoms with Crippen LogP contribution in [0.4, 0.5) is 0 Å². The third-order valence-corrected chi connectivity index (χ3v) is 3.94. The first-order valence-corrected chi connectivity index (χ1v) is 7.43. The first-order valence-electron chi connectivity index (χ1n) is 7.05. The van der Waals surface area contributed by atoms with Crippen LogP contribution in [0.3, 0.4) is 0 Å². The third-order valence-electron chi connectivity index (χ3n) is 3.75. The van der Waals surface area contributed by atoms with Crippen molar-refractivity contribution < 1.29 is 9.59 Å². The molecule has 0 unspecified atom stereocenters. The van der Waals surface area contributed by atoms with E-state index in [0.29, 0.717) is 25.3 Å². The Hall–Kier alpha value is -1.59. The summed E-state index contributed by atoms with van der Waals surface area (Å²) in [5.41, 5.74) is 1.44. The minimum atomic E-state index is -0.455. The minimum absolute atomic E-state index is 0.00528. The predicted octanol–water partition coefficient (Wildman–Crippen LogP) is 1.72. The molecule has 1 aromatic heterocycles. The summed E-state index contributed by atoms with van der Waals surface area (Å²) in [4.78, 5) is 27.3. The number of fused-ring (bicyclic) bond motifs is 1. The van der Waals surface area contributed by atoms with E-state index in [-0.39, 0.29) is 5.91 Å². The minimum Gasteiger partial charge on any atom is -0.338 e. The van der Waals surface area contributed by atoms with E-state index in [1.165, 1.54) is 0 Å². The van der Waals surface area contributed by atoms with Crippen LogP contribution in [0.5, 0.6) is 0 Å². The van der Waals surface area contributed by atoms with Crippen LogP contribution < -0.4 is 0 Å². The summed E-state index contributed by atoms with van der Waals surface area (Å²) < 4.78 is 1.88. The second-order valence-electron chi connectivity index (χ2n) is 5.15. The van der Waals surface area contributed by atoms with Gasteiger partial charge < -0.3 is 14.4 Å². The number of nitrogens with zero attached hydrogens (tertiary/aromatic N) is 3. The van der Waals surface area contributed by atoms with Gasteiger partial charge in [-0.2, -0.15) is 0 Å². The van der Waals surface area contributed by atoms with Crippen molar-refractivity contribution in [2.45, 2.75) is 20.0 Å². The van der Waals surface area contributed by atoms with Gasteiger partial charge in [-0.15, -0.1) is 0 Å². The Bertz CT molecular complexity index is 565. The number of carbonyl (C=O) groups excluding carboxylic acids is 2. The first-order chi connectivity index (χ1) is 10.0. The van der Waals surface area contributed by atoms with Gasteiger partial charge in [-0.25, -0.2) is 0 Å². The average Bonchev–Trinajstić information content (AvgIpc) is 2.89. The van der Waals surface area contributed by atoms with E-state index in [1.807, 2.05) is 23.8 Å². The highest BCUT2D eigenvalue weighted by molar-refractivity contribution is 6.67. The van der Waals surface area contributed by atoms with Crippen molar-refractivity contribution in [3.05, 3.63) is 35.7 Å². The summed E-state index contributed by atoms with van der Waals surface area (Å²) in [6.07, 6.45) is 3.51. The monoisotopic (exact) mass is 309 g/mol. The number of rotatable bonds is 5. The molecule has 1 amide bonds. The maximum Gasteiger partial charge on any atom is 0.268 e. The fourth-order valence-corrected chi connectivity index (χ4v) is 2.50. The van der Waals surface area contributed by atoms with E-state index in [9.17, 15) is 9.59 Å². The number of aromatic nitrogens is 1. The summed E-state index contributed by atoms with van der Waals surface area (Å²) in [6, 6.07) is 3.56. The number of halogens is 1. The molecule has 0 saturated heterocycles. The van der Waals surface area contributed by atoms with Crippen LogP contribution in [0.25, 0.3) is 0 Å². The molecule has 21 heavy (non-hydrogen) atoms. The standard InChI is InChI=1S/C15H20ClN3O2/c1-3-17(2)8-4-5-14(20)18-9-10-19-12(11-18)6-7-13(19)15(16)21/h4-7H,3,8-11H2,1-2H3/b5-4+. The molecule has 0 spiro atoms. The van der Waals surface area contributed by atoms with E-state index in [2.05, 4.69) is 11.8 Å². The summed E-state index contributed by atoms with van der Waals surface area (Å²) >= 11 is 5.54. The van der Waals surface area contributed by atoms with Gasteiger partial charge in [-0.3, -0.25) is 9.59 Å². The summed E-state index contributed by atoms with van der Waals surface area (Å²) in [5.74, 6) is 0.00528. The Morgan fingerprint density at radius 3 is 2.81 bits per heavy atom. The number of hydrogen-bond acceptors (Lipinski definition) is 3. The molecular formula is C15H20ClN3O2. The highest BCUT2D eigenvalue weighted by atomic mass is 35.5. The van der Waals surface area contributed by atoms with Crippen molar-refractivity contribution >= 4 is 22.8 Å². The Morgan fingerprint density at radius 2 is 2.14 bits per heavy atom. The molecule has 0 saturated carbocycles. The zero-order valence-electron chi connectivity index (χ0n) is 12.4. The molecule has 2 heterocycles. The molecule has 1 aliphatic rings. The zero-order valence-corrected chi connectivity index (χ0v) is 13.1. The number of carbonyl (C=O) groups is 2. The molecule has 0 atom stereocenters. The van der Waals surface area contributed by atoms with Gasteiger partial charge in [0.15, 0.2) is 0 Å². The Labute approximate surface area is 129 Å². The van der Waals surface area contributed by atoms with Crippen molar-refractivity contribution in [2.75, 3.05) is 26.7 Å². The smallest absolute Gasteiger partial charge is 0.268 e. The Balaban J connectivity index is 1.98. The van der Waals surface area contributed by atoms with Gasteiger partial charge in [-0.05, 0) is 37.3 Å². The summed E-state index contributed by atoms with van der Waals surface area (Å²) in [5, 5.41) is -0.455. The molecule has 0 fully saturated rings. The second-order valence-corrected chi connectivity index (χ2v) is 5.50. The maximum atomic E-state index is 12.1. The van der Waals surface area contributed by atoms with Crippen LogP contribution in [0.15, 0.2) is 24.3 Å². The van der Waals surface area contributed by atoms with Crippen molar-refractivity contribution in [1.29, 1.82) is 0 Å². The highest BCUT2D eigenvalue weighted by Crippen LogP contribution is 2.18. The van der Waals surface area contributed by atoms with Gasteiger partial charge in [0.1, 0.15) is 5.69 Å². The Kier molecular flexibility index (Phi) is 5.20. The number of hydrogen-bond donors (Lipinski definition) is 0. The lowest BCUT2D eigenvalue weighted by Gasteiger charge is -2.28. The zero-order chi connectivity index (χ0) is 15.4. The van der Waals surface area contributed by atoms with E-state index >= 15 is 0 Å². The quantitative estimate of drug-likeness (QED) is 0.614. The number of likely N-dealkylation sites (N-methyl/N-ethyl adjacent to an activating group) is 1. The molecule has 0 N–H and O–H groups in total. The molecule has 1 aromatic rings. The van der Waals surface area contributed by atoms with E-state index in [4.69, 9.17) is 11.6 Å². The van der Waals surface area contributed by atoms with E-state index in [0.717, 1.165) is 18.8 Å². The van der Waals surface area contributed by atoms with E-state index in [1.54, 1.807) is 17.0 Å². The van der Waals surface area contributed by atoms with Gasteiger partial charge in [-0.1, -0.05) is 13.0 Å². The van der Waals surface area contributed by atoms with Gasteiger partial charge >= 0.3 is 0 Å². The first kappa shape index (κ1) is 15.8. The Morgan fingerprint density at radius 1 is 1.38 bits per heavy atom. The fourth-order valence-electron chi connectivity index (χ4n) is 2.33. The lowest BCUT2D eigenvalue weighted by molar-refractivity contribution is -0.127. The van der Waals surface area contributed by atoms with E-state index < -0.39 is 5.24 Å². The van der Waals surface area contributed by atoms with Crippen LogP contribution in [0.2, 0.25) is 0 Å². The highest BCUT2D eigenvalue weighted by Gasteiger charge is 2.22. The van der Waals surface area contributed by atoms with Crippen LogP contribution in [-0.4, -0.2) is 52.2 Å². The van der Waals surface area contributed by atoms with Gasteiger partial charge in [0.25, 0.3) is 5.24 Å². The molecule has 0 aromatic carbocycles. The molecular weight excluding hydrogens is 290 g/mol. The van der Waals surface area contributed by atoms with Crippen LogP contribution in [0, 0.1) is 0 Å². The lowest BCUT2D eigenvalue weighted by Crippen LogP contribution is -2.37. The topological polar surface area (TPSA) is 45.6 Å². The van der Waals surface area contributed by atoms with Crippen LogP contribution in [0.1, 0.15) is 23.1 Å². The molecule has 2 rings (SSSR count). The normalized spacial score (nSPS) is 14.8. The average molecular weight is 310 g/mol. The largest absolute Gasteiger partial charge is 0.338 e. The molecule has 6 heteroatoms. The second kappa shape index (κ2) is 6.91. The maximum absolute atomic E-state index is 12.1. The van der Waals surface area contributed by atoms with Crippen molar-refractivity contribution in [3.8, 4) is 0 Å². The summed E-state index contributed by atoms with van der Waals surface area (Å²) in [7, 11) is 2.01. The molecule has 114 valence electrons. The van der Waals surface area contributed by atoms with Crippen molar-refractivity contribution in [1.82, 2.24) is 14.4 Å². The lowest BCUT2D eigenvalue weighted by atomic mass is 10.3. The molecule has 0 aliphatic carbocycles. The van der Waals surface area contributed by atoms with Crippen molar-refractivity contribution in [3.63, 3.8) is 0 Å². The summed E-state index contributed by atoms with van der Waals surface area (Å²) in [6.45, 7) is 5.49. The SMILES string of the molecule is CCN(C)C/C=C/C(=O)N1CCn2c(ccc2C(=O)Cl)C1. The fraction of sp³-hybridized carbons (Fsp3) is 0.467. The predicted molar refractivity (Wildman–Crippen MR) is 82.3 cm³/mol.